The van der Waals surface area contributed by atoms with E-state index in [-0.39, 0.29) is 12.5 Å². The summed E-state index contributed by atoms with van der Waals surface area (Å²) in [7, 11) is 0. The van der Waals surface area contributed by atoms with E-state index in [0.29, 0.717) is 18.8 Å². The highest BCUT2D eigenvalue weighted by Crippen LogP contribution is 2.33. The zero-order valence-corrected chi connectivity index (χ0v) is 7.91. The highest BCUT2D eigenvalue weighted by molar-refractivity contribution is 5.70. The number of carbonyl (C=O) groups is 1. The van der Waals surface area contributed by atoms with Crippen molar-refractivity contribution in [3.63, 3.8) is 0 Å². The van der Waals surface area contributed by atoms with Crippen LogP contribution in [0.15, 0.2) is 0 Å². The van der Waals surface area contributed by atoms with Gasteiger partial charge in [-0.3, -0.25) is 4.79 Å². The third-order valence-electron chi connectivity index (χ3n) is 2.96. The summed E-state index contributed by atoms with van der Waals surface area (Å²) in [6, 6.07) is 0. The van der Waals surface area contributed by atoms with Gasteiger partial charge in [-0.15, -0.1) is 0 Å². The minimum absolute atomic E-state index is 0.108. The minimum Gasteiger partial charge on any atom is -0.481 e. The van der Waals surface area contributed by atoms with Gasteiger partial charge in [0.25, 0.3) is 0 Å². The molecule has 0 aliphatic heterocycles. The quantitative estimate of drug-likeness (QED) is 0.686. The van der Waals surface area contributed by atoms with E-state index in [1.165, 1.54) is 12.8 Å². The molecule has 0 amide bonds. The summed E-state index contributed by atoms with van der Waals surface area (Å²) in [6.07, 6.45) is 5.72. The fourth-order valence-corrected chi connectivity index (χ4v) is 2.23. The van der Waals surface area contributed by atoms with Crippen molar-refractivity contribution in [1.82, 2.24) is 0 Å². The number of rotatable bonds is 5. The van der Waals surface area contributed by atoms with Crippen LogP contribution in [0.4, 0.5) is 0 Å². The van der Waals surface area contributed by atoms with Gasteiger partial charge in [0.2, 0.25) is 0 Å². The zero-order chi connectivity index (χ0) is 9.68. The third kappa shape index (κ3) is 2.99. The predicted octanol–water partition coefficient (Wildman–Crippen LogP) is 1.65. The Labute approximate surface area is 78.8 Å². The Morgan fingerprint density at radius 3 is 2.46 bits per heavy atom. The van der Waals surface area contributed by atoms with Gasteiger partial charge in [-0.25, -0.2) is 0 Å². The van der Waals surface area contributed by atoms with Gasteiger partial charge in [0.1, 0.15) is 0 Å². The average Bonchev–Trinajstić information content (AvgIpc) is 2.57. The first-order valence-corrected chi connectivity index (χ1v) is 5.09. The number of aliphatic hydroxyl groups is 1. The highest BCUT2D eigenvalue weighted by Gasteiger charge is 2.29. The van der Waals surface area contributed by atoms with Crippen LogP contribution in [-0.2, 0) is 4.79 Å². The summed E-state index contributed by atoms with van der Waals surface area (Å²) >= 11 is 0. The fraction of sp³-hybridized carbons (Fsp3) is 0.900. The van der Waals surface area contributed by atoms with Gasteiger partial charge in [-0.2, -0.15) is 0 Å². The molecule has 1 unspecified atom stereocenters. The van der Waals surface area contributed by atoms with Gasteiger partial charge in [-0.05, 0) is 31.6 Å². The van der Waals surface area contributed by atoms with E-state index in [0.717, 1.165) is 12.8 Å². The molecule has 1 fully saturated rings. The van der Waals surface area contributed by atoms with Crippen molar-refractivity contribution in [3.8, 4) is 0 Å². The van der Waals surface area contributed by atoms with Crippen molar-refractivity contribution in [2.45, 2.75) is 38.5 Å². The van der Waals surface area contributed by atoms with Crippen LogP contribution in [0.2, 0.25) is 0 Å². The first-order chi connectivity index (χ1) is 6.25. The molecule has 1 atom stereocenters. The van der Waals surface area contributed by atoms with Gasteiger partial charge >= 0.3 is 5.97 Å². The second-order valence-electron chi connectivity index (χ2n) is 3.86. The van der Waals surface area contributed by atoms with Crippen LogP contribution in [0, 0.1) is 11.8 Å². The summed E-state index contributed by atoms with van der Waals surface area (Å²) in [5.41, 5.74) is 0. The number of hydrogen-bond acceptors (Lipinski definition) is 2. The van der Waals surface area contributed by atoms with Gasteiger partial charge in [0, 0.05) is 6.61 Å². The van der Waals surface area contributed by atoms with E-state index in [4.69, 9.17) is 10.2 Å². The predicted molar refractivity (Wildman–Crippen MR) is 49.4 cm³/mol. The number of hydrogen-bond donors (Lipinski definition) is 2. The lowest BCUT2D eigenvalue weighted by Crippen LogP contribution is -2.22. The SMILES string of the molecule is O=C(O)C(CCCO)C1CCCC1. The summed E-state index contributed by atoms with van der Waals surface area (Å²) < 4.78 is 0. The smallest absolute Gasteiger partial charge is 0.306 e. The van der Waals surface area contributed by atoms with Crippen LogP contribution in [0.5, 0.6) is 0 Å². The molecule has 3 heteroatoms. The van der Waals surface area contributed by atoms with Crippen molar-refractivity contribution in [2.75, 3.05) is 6.61 Å². The average molecular weight is 186 g/mol. The molecule has 13 heavy (non-hydrogen) atoms. The Hall–Kier alpha value is -0.570. The fourth-order valence-electron chi connectivity index (χ4n) is 2.23. The molecular weight excluding hydrogens is 168 g/mol. The summed E-state index contributed by atoms with van der Waals surface area (Å²) in [5, 5.41) is 17.6. The van der Waals surface area contributed by atoms with Crippen molar-refractivity contribution >= 4 is 5.97 Å². The first-order valence-electron chi connectivity index (χ1n) is 5.09. The zero-order valence-electron chi connectivity index (χ0n) is 7.91. The molecule has 0 spiro atoms. The van der Waals surface area contributed by atoms with Crippen LogP contribution in [0.1, 0.15) is 38.5 Å². The third-order valence-corrected chi connectivity index (χ3v) is 2.96. The van der Waals surface area contributed by atoms with Gasteiger partial charge in [-0.1, -0.05) is 12.8 Å². The first kappa shape index (κ1) is 10.5. The van der Waals surface area contributed by atoms with E-state index in [9.17, 15) is 4.79 Å². The lowest BCUT2D eigenvalue weighted by atomic mass is 9.87. The maximum Gasteiger partial charge on any atom is 0.306 e. The van der Waals surface area contributed by atoms with Crippen LogP contribution in [0.25, 0.3) is 0 Å². The van der Waals surface area contributed by atoms with Crippen LogP contribution in [0.3, 0.4) is 0 Å². The van der Waals surface area contributed by atoms with Crippen LogP contribution in [-0.4, -0.2) is 22.8 Å². The number of carboxylic acids is 1. The van der Waals surface area contributed by atoms with E-state index in [1.54, 1.807) is 0 Å². The Bertz CT molecular complexity index is 162. The molecule has 0 aromatic carbocycles. The van der Waals surface area contributed by atoms with Crippen molar-refractivity contribution < 1.29 is 15.0 Å². The molecular formula is C10H18O3. The standard InChI is InChI=1S/C10H18O3/c11-7-3-6-9(10(12)13)8-4-1-2-5-8/h8-9,11H,1-7H2,(H,12,13). The van der Waals surface area contributed by atoms with E-state index < -0.39 is 5.97 Å². The summed E-state index contributed by atoms with van der Waals surface area (Å²) in [4.78, 5) is 10.9. The van der Waals surface area contributed by atoms with E-state index in [1.807, 2.05) is 0 Å². The summed E-state index contributed by atoms with van der Waals surface area (Å²) in [6.45, 7) is 0.108. The van der Waals surface area contributed by atoms with Crippen molar-refractivity contribution in [1.29, 1.82) is 0 Å². The molecule has 2 N–H and O–H groups in total. The Balaban J connectivity index is 2.40. The molecule has 1 rings (SSSR count). The van der Waals surface area contributed by atoms with Crippen LogP contribution >= 0.6 is 0 Å². The molecule has 0 heterocycles. The number of carboxylic acid groups (broad SMARTS) is 1. The summed E-state index contributed by atoms with van der Waals surface area (Å²) in [5.74, 6) is -0.529. The molecule has 0 aromatic rings. The molecule has 0 radical (unpaired) electrons. The monoisotopic (exact) mass is 186 g/mol. The molecule has 76 valence electrons. The molecule has 0 bridgehead atoms. The topological polar surface area (TPSA) is 57.5 Å². The van der Waals surface area contributed by atoms with Crippen molar-refractivity contribution in [3.05, 3.63) is 0 Å². The second-order valence-corrected chi connectivity index (χ2v) is 3.86. The van der Waals surface area contributed by atoms with Gasteiger partial charge in [0.05, 0.1) is 5.92 Å². The largest absolute Gasteiger partial charge is 0.481 e. The van der Waals surface area contributed by atoms with Gasteiger partial charge in [0.15, 0.2) is 0 Å². The number of aliphatic carboxylic acids is 1. The Kier molecular flexibility index (Phi) is 4.22. The Morgan fingerprint density at radius 1 is 1.38 bits per heavy atom. The molecule has 0 saturated heterocycles. The molecule has 3 nitrogen and oxygen atoms in total. The van der Waals surface area contributed by atoms with Crippen LogP contribution < -0.4 is 0 Å². The maximum absolute atomic E-state index is 10.9. The molecule has 1 aliphatic rings. The minimum atomic E-state index is -0.680. The number of aliphatic hydroxyl groups excluding tert-OH is 1. The molecule has 1 saturated carbocycles. The lowest BCUT2D eigenvalue weighted by Gasteiger charge is -2.18. The Morgan fingerprint density at radius 2 is 2.00 bits per heavy atom. The van der Waals surface area contributed by atoms with Crippen molar-refractivity contribution in [2.24, 2.45) is 11.8 Å². The van der Waals surface area contributed by atoms with E-state index >= 15 is 0 Å². The highest BCUT2D eigenvalue weighted by atomic mass is 16.4. The molecule has 1 aliphatic carbocycles. The normalized spacial score (nSPS) is 20.4. The van der Waals surface area contributed by atoms with Gasteiger partial charge < -0.3 is 10.2 Å². The van der Waals surface area contributed by atoms with E-state index in [2.05, 4.69) is 0 Å². The molecule has 0 aromatic heterocycles. The lowest BCUT2D eigenvalue weighted by molar-refractivity contribution is -0.144. The maximum atomic E-state index is 10.9. The second kappa shape index (κ2) is 5.22.